The minimum atomic E-state index is -0.600. The van der Waals surface area contributed by atoms with Crippen LogP contribution in [0.25, 0.3) is 22.2 Å². The smallest absolute Gasteiger partial charge is 0.350 e. The van der Waals surface area contributed by atoms with Gasteiger partial charge in [-0.05, 0) is 58.1 Å². The van der Waals surface area contributed by atoms with Gasteiger partial charge in [-0.25, -0.2) is 14.8 Å². The Morgan fingerprint density at radius 3 is 2.62 bits per heavy atom. The molecule has 0 aliphatic heterocycles. The predicted octanol–water partition coefficient (Wildman–Crippen LogP) is 5.14. The minimum Gasteiger partial charge on any atom is -0.456 e. The Balaban J connectivity index is 1.21. The van der Waals surface area contributed by atoms with E-state index in [0.29, 0.717) is 40.3 Å². The Kier molecular flexibility index (Phi) is 6.40. The maximum atomic E-state index is 12.8. The molecular weight excluding hydrogens is 492 g/mol. The lowest BCUT2D eigenvalue weighted by atomic mass is 9.79. The molecule has 3 aromatic heterocycles. The van der Waals surface area contributed by atoms with Gasteiger partial charge in [0, 0.05) is 36.0 Å². The van der Waals surface area contributed by atoms with Crippen molar-refractivity contribution >= 4 is 44.9 Å². The Labute approximate surface area is 217 Å². The van der Waals surface area contributed by atoms with Crippen LogP contribution >= 0.6 is 11.3 Å². The van der Waals surface area contributed by atoms with Gasteiger partial charge in [-0.2, -0.15) is 4.98 Å². The molecule has 0 unspecified atom stereocenters. The molecule has 4 aromatic rings. The van der Waals surface area contributed by atoms with Crippen LogP contribution in [0, 0.1) is 19.8 Å². The molecule has 5 rings (SSSR count). The van der Waals surface area contributed by atoms with E-state index < -0.39 is 11.6 Å². The number of benzene rings is 1. The van der Waals surface area contributed by atoms with E-state index >= 15 is 0 Å². The highest BCUT2D eigenvalue weighted by Gasteiger charge is 2.35. The van der Waals surface area contributed by atoms with E-state index in [1.807, 2.05) is 45.0 Å². The molecule has 1 saturated carbocycles. The fourth-order valence-electron chi connectivity index (χ4n) is 4.15. The summed E-state index contributed by atoms with van der Waals surface area (Å²) in [7, 11) is 0. The summed E-state index contributed by atoms with van der Waals surface area (Å²) in [6.07, 6.45) is 3.09. The molecule has 11 heteroatoms. The van der Waals surface area contributed by atoms with Crippen LogP contribution in [0.5, 0.6) is 0 Å². The first kappa shape index (κ1) is 24.8. The predicted molar refractivity (Wildman–Crippen MR) is 141 cm³/mol. The van der Waals surface area contributed by atoms with Gasteiger partial charge in [0.15, 0.2) is 5.13 Å². The van der Waals surface area contributed by atoms with E-state index in [9.17, 15) is 9.59 Å². The van der Waals surface area contributed by atoms with E-state index in [4.69, 9.17) is 9.26 Å². The molecule has 1 amide bonds. The second kappa shape index (κ2) is 9.55. The van der Waals surface area contributed by atoms with E-state index in [1.165, 1.54) is 0 Å². The van der Waals surface area contributed by atoms with E-state index in [1.54, 1.807) is 20.0 Å². The molecular formula is C26H28N6O4S. The third-order valence-corrected chi connectivity index (χ3v) is 7.07. The number of carbonyl (C=O) groups is 2. The van der Waals surface area contributed by atoms with Gasteiger partial charge in [-0.15, -0.1) is 0 Å². The Morgan fingerprint density at radius 1 is 1.14 bits per heavy atom. The van der Waals surface area contributed by atoms with Crippen molar-refractivity contribution in [1.82, 2.24) is 20.1 Å². The number of carbonyl (C=O) groups excluding carboxylic acids is 2. The number of esters is 1. The monoisotopic (exact) mass is 520 g/mol. The summed E-state index contributed by atoms with van der Waals surface area (Å²) < 4.78 is 10.5. The van der Waals surface area contributed by atoms with Gasteiger partial charge >= 0.3 is 5.97 Å². The quantitative estimate of drug-likeness (QED) is 0.331. The van der Waals surface area contributed by atoms with Crippen LogP contribution in [0.3, 0.4) is 0 Å². The third-order valence-electron chi connectivity index (χ3n) is 6.01. The molecule has 10 nitrogen and oxygen atoms in total. The highest BCUT2D eigenvalue weighted by atomic mass is 32.1. The Morgan fingerprint density at radius 2 is 1.92 bits per heavy atom. The Hall–Kier alpha value is -3.86. The first-order chi connectivity index (χ1) is 17.6. The van der Waals surface area contributed by atoms with Crippen LogP contribution < -0.4 is 10.6 Å². The number of fused-ring (bicyclic) bond motifs is 1. The summed E-state index contributed by atoms with van der Waals surface area (Å²) in [5.41, 5.74) is 0.785. The van der Waals surface area contributed by atoms with Gasteiger partial charge in [0.1, 0.15) is 16.3 Å². The number of pyridine rings is 1. The zero-order valence-corrected chi connectivity index (χ0v) is 22.1. The lowest BCUT2D eigenvalue weighted by Gasteiger charge is -2.35. The zero-order valence-electron chi connectivity index (χ0n) is 21.3. The van der Waals surface area contributed by atoms with Crippen molar-refractivity contribution in [2.24, 2.45) is 5.92 Å². The fourth-order valence-corrected chi connectivity index (χ4v) is 5.00. The standard InChI is InChI=1S/C26H28N6O4S/c1-13-20(24(34)35-26(3,4)5)37-25(28-13)31-23(33)17-10-18(11-17)30-22-19-12-16(21-29-14(2)36-32-21)7-6-15(19)8-9-27-22/h6-9,12,17-18H,10-11H2,1-5H3,(H,27,30)(H,28,31,33)/t17-,18+. The number of rotatable bonds is 6. The van der Waals surface area contributed by atoms with Crippen LogP contribution in [0.1, 0.15) is 54.9 Å². The summed E-state index contributed by atoms with van der Waals surface area (Å²) in [4.78, 5) is 38.8. The number of nitrogens with zero attached hydrogens (tertiary/aromatic N) is 4. The number of anilines is 2. The summed E-state index contributed by atoms with van der Waals surface area (Å²) in [6, 6.07) is 8.01. The summed E-state index contributed by atoms with van der Waals surface area (Å²) in [5, 5.41) is 12.7. The number of aryl methyl sites for hydroxylation is 2. The molecule has 3 heterocycles. The topological polar surface area (TPSA) is 132 Å². The van der Waals surface area contributed by atoms with Gasteiger partial charge in [0.2, 0.25) is 17.6 Å². The number of amides is 1. The molecule has 1 aromatic carbocycles. The summed E-state index contributed by atoms with van der Waals surface area (Å²) in [5.74, 6) is 1.09. The maximum absolute atomic E-state index is 12.8. The van der Waals surface area contributed by atoms with Gasteiger partial charge in [-0.3, -0.25) is 4.79 Å². The number of hydrogen-bond acceptors (Lipinski definition) is 10. The first-order valence-electron chi connectivity index (χ1n) is 12.0. The number of aromatic nitrogens is 4. The lowest BCUT2D eigenvalue weighted by molar-refractivity contribution is -0.122. The van der Waals surface area contributed by atoms with Crippen molar-refractivity contribution < 1.29 is 18.8 Å². The van der Waals surface area contributed by atoms with E-state index in [0.717, 1.165) is 33.5 Å². The highest BCUT2D eigenvalue weighted by molar-refractivity contribution is 7.17. The molecule has 0 atom stereocenters. The maximum Gasteiger partial charge on any atom is 0.350 e. The van der Waals surface area contributed by atoms with Crippen LogP contribution in [0.4, 0.5) is 10.9 Å². The van der Waals surface area contributed by atoms with Gasteiger partial charge < -0.3 is 19.9 Å². The Bertz CT molecular complexity index is 1480. The third kappa shape index (κ3) is 5.46. The molecule has 0 bridgehead atoms. The van der Waals surface area contributed by atoms with Crippen molar-refractivity contribution in [3.05, 3.63) is 46.9 Å². The molecule has 0 spiro atoms. The van der Waals surface area contributed by atoms with Crippen molar-refractivity contribution in [2.75, 3.05) is 10.6 Å². The largest absolute Gasteiger partial charge is 0.456 e. The summed E-state index contributed by atoms with van der Waals surface area (Å²) in [6.45, 7) is 8.92. The fraction of sp³-hybridized carbons (Fsp3) is 0.385. The molecule has 0 saturated heterocycles. The number of ether oxygens (including phenoxy) is 1. The average Bonchev–Trinajstić information content (AvgIpc) is 3.39. The molecule has 1 fully saturated rings. The molecule has 1 aliphatic rings. The zero-order chi connectivity index (χ0) is 26.3. The van der Waals surface area contributed by atoms with Gasteiger partial charge in [0.25, 0.3) is 0 Å². The molecule has 192 valence electrons. The first-order valence-corrected chi connectivity index (χ1v) is 12.8. The van der Waals surface area contributed by atoms with Crippen LogP contribution in [0.15, 0.2) is 35.0 Å². The number of thiazole rings is 1. The molecule has 0 radical (unpaired) electrons. The second-order valence-corrected chi connectivity index (χ2v) is 11.2. The van der Waals surface area contributed by atoms with Gasteiger partial charge in [0.05, 0.1) is 5.69 Å². The van der Waals surface area contributed by atoms with Crippen molar-refractivity contribution in [1.29, 1.82) is 0 Å². The SMILES string of the molecule is Cc1nc(-c2ccc3ccnc(N[C@H]4C[C@@H](C(=O)Nc5nc(C)c(C(=O)OC(C)(C)C)s5)C4)c3c2)no1. The molecule has 1 aliphatic carbocycles. The van der Waals surface area contributed by atoms with Crippen LogP contribution in [0.2, 0.25) is 0 Å². The van der Waals surface area contributed by atoms with Gasteiger partial charge in [-0.1, -0.05) is 28.6 Å². The normalized spacial score (nSPS) is 17.3. The van der Waals surface area contributed by atoms with Crippen molar-refractivity contribution in [3.63, 3.8) is 0 Å². The van der Waals surface area contributed by atoms with Crippen LogP contribution in [-0.4, -0.2) is 43.6 Å². The van der Waals surface area contributed by atoms with Crippen LogP contribution in [-0.2, 0) is 9.53 Å². The number of nitrogens with one attached hydrogen (secondary N) is 2. The van der Waals surface area contributed by atoms with E-state index in [-0.39, 0.29) is 17.9 Å². The molecule has 2 N–H and O–H groups in total. The highest BCUT2D eigenvalue weighted by Crippen LogP contribution is 2.34. The molecule has 37 heavy (non-hydrogen) atoms. The minimum absolute atomic E-state index is 0.108. The number of hydrogen-bond donors (Lipinski definition) is 2. The lowest BCUT2D eigenvalue weighted by Crippen LogP contribution is -2.42. The second-order valence-electron chi connectivity index (χ2n) is 10.2. The average molecular weight is 521 g/mol. The van der Waals surface area contributed by atoms with E-state index in [2.05, 4.69) is 30.7 Å². The summed E-state index contributed by atoms with van der Waals surface area (Å²) >= 11 is 1.13. The van der Waals surface area contributed by atoms with Crippen molar-refractivity contribution in [2.45, 2.75) is 59.1 Å². The van der Waals surface area contributed by atoms with Crippen molar-refractivity contribution in [3.8, 4) is 11.4 Å².